The number of aromatic nitrogens is 2. The standard InChI is InChI=1S/4C8H8O2.2C7H10N2.2Co/c4*9-8(10)6-7-4-2-1-3-5-7;2*1-9(2)7-3-5-8-6-4-7;;/h4*1-5H,6H2,(H,9,10);2*3-6H,1-2H3;;/q;;;;;;2*+2/p-4. The summed E-state index contributed by atoms with van der Waals surface area (Å²) in [4.78, 5) is 52.1. The maximum absolute atomic E-state index is 10.1. The molecule has 2 aromatic heterocycles. The second-order valence-electron chi connectivity index (χ2n) is 12.3. The zero-order chi connectivity index (χ0) is 43.0. The van der Waals surface area contributed by atoms with Gasteiger partial charge in [0.25, 0.3) is 0 Å². The Balaban J connectivity index is 0. The smallest absolute Gasteiger partial charge is 0.550 e. The molecule has 0 unspecified atom stereocenters. The number of carboxylic acid groups (broad SMARTS) is 4. The van der Waals surface area contributed by atoms with E-state index in [1.807, 2.05) is 86.5 Å². The SMILES string of the molecule is CN(C)c1ccncc1.CN(C)c1ccncc1.O=C([O-])Cc1ccccc1.O=C([O-])Cc1ccccc1.O=C([O-])Cc1ccccc1.O=C([O-])Cc1ccccc1.[Co+2].[Co+2]. The molecule has 0 aliphatic carbocycles. The number of carbonyl (C=O) groups excluding carboxylic acids is 4. The van der Waals surface area contributed by atoms with E-state index in [9.17, 15) is 39.6 Å². The molecule has 0 bridgehead atoms. The van der Waals surface area contributed by atoms with Gasteiger partial charge in [0.1, 0.15) is 0 Å². The fourth-order valence-corrected chi connectivity index (χ4v) is 4.33. The largest absolute Gasteiger partial charge is 2.00 e. The van der Waals surface area contributed by atoms with Crippen LogP contribution in [0.25, 0.3) is 0 Å². The zero-order valence-corrected chi connectivity index (χ0v) is 35.8. The summed E-state index contributed by atoms with van der Waals surface area (Å²) in [5, 5.41) is 40.2. The fraction of sp³-hybridized carbons (Fsp3) is 0.174. The average Bonchev–Trinajstić information content (AvgIpc) is 3.20. The van der Waals surface area contributed by atoms with E-state index in [4.69, 9.17) is 0 Å². The van der Waals surface area contributed by atoms with Crippen molar-refractivity contribution in [1.29, 1.82) is 0 Å². The second-order valence-corrected chi connectivity index (χ2v) is 12.3. The molecule has 6 aromatic rings. The van der Waals surface area contributed by atoms with Crippen molar-refractivity contribution in [3.63, 3.8) is 0 Å². The van der Waals surface area contributed by atoms with E-state index in [1.165, 1.54) is 11.4 Å². The van der Waals surface area contributed by atoms with Gasteiger partial charge in [0.2, 0.25) is 0 Å². The van der Waals surface area contributed by atoms with Crippen LogP contribution in [0.3, 0.4) is 0 Å². The van der Waals surface area contributed by atoms with Crippen LogP contribution in [0.2, 0.25) is 0 Å². The molecule has 12 nitrogen and oxygen atoms in total. The van der Waals surface area contributed by atoms with Gasteiger partial charge in [-0.3, -0.25) is 9.97 Å². The van der Waals surface area contributed by atoms with Crippen molar-refractivity contribution in [3.05, 3.63) is 193 Å². The summed E-state index contributed by atoms with van der Waals surface area (Å²) in [6, 6.07) is 43.8. The Morgan fingerprint density at radius 1 is 0.367 bits per heavy atom. The third-order valence-electron chi connectivity index (χ3n) is 7.12. The summed E-state index contributed by atoms with van der Waals surface area (Å²) >= 11 is 0. The van der Waals surface area contributed by atoms with Crippen LogP contribution in [0.1, 0.15) is 22.3 Å². The van der Waals surface area contributed by atoms with E-state index in [2.05, 4.69) is 9.97 Å². The molecule has 0 N–H and O–H groups in total. The van der Waals surface area contributed by atoms with Gasteiger partial charge in [-0.1, -0.05) is 121 Å². The van der Waals surface area contributed by atoms with Crippen LogP contribution in [0.15, 0.2) is 170 Å². The number of nitrogens with zero attached hydrogens (tertiary/aromatic N) is 4. The van der Waals surface area contributed by atoms with Crippen LogP contribution in [-0.4, -0.2) is 62.0 Å². The number of hydrogen-bond donors (Lipinski definition) is 0. The normalized spacial score (nSPS) is 8.87. The van der Waals surface area contributed by atoms with Crippen molar-refractivity contribution in [3.8, 4) is 0 Å². The number of rotatable bonds is 10. The number of carboxylic acids is 4. The minimum Gasteiger partial charge on any atom is -0.550 e. The molecular formula is C46H48Co2N4O8. The Bertz CT molecular complexity index is 1730. The number of pyridine rings is 2. The van der Waals surface area contributed by atoms with Gasteiger partial charge in [0.05, 0.1) is 0 Å². The summed E-state index contributed by atoms with van der Waals surface area (Å²) in [6.45, 7) is 0. The average molecular weight is 903 g/mol. The first-order valence-electron chi connectivity index (χ1n) is 17.9. The summed E-state index contributed by atoms with van der Waals surface area (Å²) in [7, 11) is 8.04. The first kappa shape index (κ1) is 55.8. The predicted octanol–water partition coefficient (Wildman–Crippen LogP) is 2.21. The predicted molar refractivity (Wildman–Crippen MR) is 218 cm³/mol. The van der Waals surface area contributed by atoms with Crippen molar-refractivity contribution in [1.82, 2.24) is 9.97 Å². The third-order valence-corrected chi connectivity index (χ3v) is 7.12. The Labute approximate surface area is 373 Å². The molecule has 0 fully saturated rings. The Morgan fingerprint density at radius 3 is 0.683 bits per heavy atom. The minimum absolute atomic E-state index is 0. The fourth-order valence-electron chi connectivity index (χ4n) is 4.33. The molecule has 318 valence electrons. The van der Waals surface area contributed by atoms with Gasteiger partial charge in [-0.15, -0.1) is 0 Å². The number of anilines is 2. The summed E-state index contributed by atoms with van der Waals surface area (Å²) in [5.41, 5.74) is 5.49. The van der Waals surface area contributed by atoms with Gasteiger partial charge in [0.15, 0.2) is 0 Å². The number of benzene rings is 4. The second kappa shape index (κ2) is 34.7. The molecule has 0 aliphatic rings. The molecular weight excluding hydrogens is 854 g/mol. The molecule has 0 amide bonds. The molecule has 4 aromatic carbocycles. The Kier molecular flexibility index (Phi) is 32.2. The minimum atomic E-state index is -1.04. The quantitative estimate of drug-likeness (QED) is 0.195. The molecule has 14 heteroatoms. The first-order chi connectivity index (χ1) is 27.8. The van der Waals surface area contributed by atoms with E-state index in [-0.39, 0.29) is 59.2 Å². The molecule has 0 atom stereocenters. The molecule has 0 aliphatic heterocycles. The van der Waals surface area contributed by atoms with Crippen LogP contribution in [0, 0.1) is 0 Å². The van der Waals surface area contributed by atoms with Gasteiger partial charge in [0, 0.05) is 114 Å². The Hall–Kier alpha value is -6.33. The van der Waals surface area contributed by atoms with Crippen molar-refractivity contribution >= 4 is 35.3 Å². The van der Waals surface area contributed by atoms with E-state index in [0.717, 1.165) is 22.3 Å². The molecule has 0 saturated carbocycles. The van der Waals surface area contributed by atoms with Crippen molar-refractivity contribution in [2.75, 3.05) is 38.0 Å². The number of hydrogen-bond acceptors (Lipinski definition) is 12. The van der Waals surface area contributed by atoms with Crippen LogP contribution < -0.4 is 30.2 Å². The van der Waals surface area contributed by atoms with Gasteiger partial charge >= 0.3 is 33.6 Å². The monoisotopic (exact) mass is 902 g/mol. The third kappa shape index (κ3) is 30.8. The maximum Gasteiger partial charge on any atom is 2.00 e. The maximum atomic E-state index is 10.1. The van der Waals surface area contributed by atoms with Gasteiger partial charge in [-0.2, -0.15) is 0 Å². The zero-order valence-electron chi connectivity index (χ0n) is 33.7. The summed E-state index contributed by atoms with van der Waals surface area (Å²) in [5.74, 6) is -4.14. The molecule has 0 saturated heterocycles. The Morgan fingerprint density at radius 2 is 0.550 bits per heavy atom. The van der Waals surface area contributed by atoms with Crippen LogP contribution in [0.5, 0.6) is 0 Å². The van der Waals surface area contributed by atoms with Crippen molar-refractivity contribution < 1.29 is 73.2 Å². The van der Waals surface area contributed by atoms with Gasteiger partial charge in [-0.25, -0.2) is 0 Å². The van der Waals surface area contributed by atoms with E-state index in [0.29, 0.717) is 0 Å². The molecule has 6 rings (SSSR count). The van der Waals surface area contributed by atoms with Crippen LogP contribution in [0.4, 0.5) is 11.4 Å². The first-order valence-corrected chi connectivity index (χ1v) is 17.9. The van der Waals surface area contributed by atoms with E-state index in [1.54, 1.807) is 122 Å². The van der Waals surface area contributed by atoms with Gasteiger partial charge in [-0.05, 0) is 46.5 Å². The van der Waals surface area contributed by atoms with Crippen LogP contribution in [-0.2, 0) is 78.4 Å². The van der Waals surface area contributed by atoms with Crippen molar-refractivity contribution in [2.24, 2.45) is 0 Å². The molecule has 2 heterocycles. The molecule has 0 spiro atoms. The number of aliphatic carboxylic acids is 4. The van der Waals surface area contributed by atoms with Crippen molar-refractivity contribution in [2.45, 2.75) is 25.7 Å². The summed E-state index contributed by atoms with van der Waals surface area (Å²) in [6.07, 6.45) is 7.15. The number of carbonyl (C=O) groups is 4. The van der Waals surface area contributed by atoms with E-state index < -0.39 is 23.9 Å². The molecule has 2 radical (unpaired) electrons. The van der Waals surface area contributed by atoms with Crippen LogP contribution >= 0.6 is 0 Å². The topological polar surface area (TPSA) is 193 Å². The summed E-state index contributed by atoms with van der Waals surface area (Å²) < 4.78 is 0. The molecule has 60 heavy (non-hydrogen) atoms. The van der Waals surface area contributed by atoms with E-state index >= 15 is 0 Å². The van der Waals surface area contributed by atoms with Gasteiger partial charge < -0.3 is 49.4 Å².